The van der Waals surface area contributed by atoms with Crippen LogP contribution in [0.4, 0.5) is 0 Å². The molecule has 1 aromatic rings. The molecule has 2 aliphatic rings. The van der Waals surface area contributed by atoms with Crippen molar-refractivity contribution >= 4 is 11.5 Å². The van der Waals surface area contributed by atoms with Crippen LogP contribution in [0.3, 0.4) is 0 Å². The second-order valence-electron chi connectivity index (χ2n) is 5.47. The number of hydrogen-bond acceptors (Lipinski definition) is 4. The molecule has 4 nitrogen and oxygen atoms in total. The van der Waals surface area contributed by atoms with Gasteiger partial charge in [0, 0.05) is 24.1 Å². The van der Waals surface area contributed by atoms with Crippen LogP contribution in [0, 0.1) is 5.92 Å². The highest BCUT2D eigenvalue weighted by Crippen LogP contribution is 2.30. The summed E-state index contributed by atoms with van der Waals surface area (Å²) < 4.78 is 5.15. The highest BCUT2D eigenvalue weighted by atomic mass is 16.5. The Morgan fingerprint density at radius 1 is 1.25 bits per heavy atom. The van der Waals surface area contributed by atoms with Crippen LogP contribution < -0.4 is 10.2 Å². The van der Waals surface area contributed by atoms with Crippen molar-refractivity contribution in [2.45, 2.75) is 26.2 Å². The Labute approximate surface area is 118 Å². The minimum atomic E-state index is 0.257. The molecule has 4 heteroatoms. The number of methoxy groups -OCH3 is 1. The van der Waals surface area contributed by atoms with Gasteiger partial charge in [0.2, 0.25) is 0 Å². The van der Waals surface area contributed by atoms with Crippen LogP contribution in [0.5, 0.6) is 5.75 Å². The number of hydrogen-bond donors (Lipinski definition) is 1. The van der Waals surface area contributed by atoms with Gasteiger partial charge in [-0.2, -0.15) is 5.10 Å². The SMILES string of the molecule is COc1ccc(C2=NNC3=C(C2)C(=O)CC(C)C3)cc1. The third-order valence-electron chi connectivity index (χ3n) is 3.88. The topological polar surface area (TPSA) is 50.7 Å². The van der Waals surface area contributed by atoms with Crippen molar-refractivity contribution in [2.24, 2.45) is 11.0 Å². The van der Waals surface area contributed by atoms with Gasteiger partial charge in [-0.25, -0.2) is 0 Å². The fourth-order valence-corrected chi connectivity index (χ4v) is 2.76. The Kier molecular flexibility index (Phi) is 3.30. The van der Waals surface area contributed by atoms with Gasteiger partial charge in [0.1, 0.15) is 5.75 Å². The van der Waals surface area contributed by atoms with E-state index >= 15 is 0 Å². The Bertz CT molecular complexity index is 599. The molecule has 0 radical (unpaired) electrons. The molecule has 3 rings (SSSR count). The standard InChI is InChI=1S/C16H18N2O2/c1-10-7-15-13(16(19)8-10)9-14(17-18-15)11-3-5-12(20-2)6-4-11/h3-6,10,18H,7-9H2,1-2H3. The summed E-state index contributed by atoms with van der Waals surface area (Å²) in [6.45, 7) is 2.10. The first-order valence-electron chi connectivity index (χ1n) is 6.89. The lowest BCUT2D eigenvalue weighted by molar-refractivity contribution is -0.117. The molecule has 0 saturated heterocycles. The van der Waals surface area contributed by atoms with E-state index in [1.165, 1.54) is 0 Å². The predicted octanol–water partition coefficient (Wildman–Crippen LogP) is 2.65. The molecule has 0 spiro atoms. The van der Waals surface area contributed by atoms with Crippen LogP contribution in [0.1, 0.15) is 31.7 Å². The summed E-state index contributed by atoms with van der Waals surface area (Å²) in [5, 5.41) is 4.42. The summed E-state index contributed by atoms with van der Waals surface area (Å²) in [7, 11) is 1.65. The van der Waals surface area contributed by atoms with Crippen molar-refractivity contribution in [2.75, 3.05) is 7.11 Å². The number of nitrogens with one attached hydrogen (secondary N) is 1. The second kappa shape index (κ2) is 5.12. The lowest BCUT2D eigenvalue weighted by Crippen LogP contribution is -2.29. The van der Waals surface area contributed by atoms with Gasteiger partial charge in [0.05, 0.1) is 12.8 Å². The smallest absolute Gasteiger partial charge is 0.161 e. The molecule has 1 heterocycles. The molecule has 0 fully saturated rings. The van der Waals surface area contributed by atoms with Gasteiger partial charge < -0.3 is 4.74 Å². The highest BCUT2D eigenvalue weighted by molar-refractivity contribution is 6.09. The third kappa shape index (κ3) is 2.33. The molecule has 0 saturated carbocycles. The number of allylic oxidation sites excluding steroid dienone is 2. The monoisotopic (exact) mass is 270 g/mol. The minimum Gasteiger partial charge on any atom is -0.497 e. The predicted molar refractivity (Wildman–Crippen MR) is 77.7 cm³/mol. The fourth-order valence-electron chi connectivity index (χ4n) is 2.76. The second-order valence-corrected chi connectivity index (χ2v) is 5.47. The summed E-state index contributed by atoms with van der Waals surface area (Å²) in [5.41, 5.74) is 6.92. The number of ether oxygens (including phenoxy) is 1. The number of rotatable bonds is 2. The molecule has 104 valence electrons. The number of nitrogens with zero attached hydrogens (tertiary/aromatic N) is 1. The van der Waals surface area contributed by atoms with E-state index in [1.54, 1.807) is 7.11 Å². The van der Waals surface area contributed by atoms with E-state index in [0.717, 1.165) is 34.7 Å². The summed E-state index contributed by atoms with van der Waals surface area (Å²) in [6.07, 6.45) is 2.19. The van der Waals surface area contributed by atoms with Crippen LogP contribution in [0.15, 0.2) is 40.6 Å². The summed E-state index contributed by atoms with van der Waals surface area (Å²) >= 11 is 0. The molecule has 1 atom stereocenters. The van der Waals surface area contributed by atoms with Gasteiger partial charge in [-0.05, 0) is 42.2 Å². The van der Waals surface area contributed by atoms with Crippen molar-refractivity contribution in [1.29, 1.82) is 0 Å². The van der Waals surface area contributed by atoms with Gasteiger partial charge in [-0.15, -0.1) is 0 Å². The number of Topliss-reactive ketones (excluding diaryl/α,β-unsaturated/α-hetero) is 1. The molecule has 1 aliphatic carbocycles. The first-order valence-corrected chi connectivity index (χ1v) is 6.89. The number of carbonyl (C=O) groups is 1. The zero-order valence-electron chi connectivity index (χ0n) is 11.8. The summed E-state index contributed by atoms with van der Waals surface area (Å²) in [5.74, 6) is 1.49. The lowest BCUT2D eigenvalue weighted by atomic mass is 9.84. The van der Waals surface area contributed by atoms with Crippen LogP contribution in [-0.4, -0.2) is 18.6 Å². The Morgan fingerprint density at radius 2 is 2.00 bits per heavy atom. The molecule has 1 aliphatic heterocycles. The Balaban J connectivity index is 1.83. The maximum absolute atomic E-state index is 12.1. The summed E-state index contributed by atoms with van der Waals surface area (Å²) in [4.78, 5) is 12.1. The van der Waals surface area contributed by atoms with Crippen LogP contribution in [-0.2, 0) is 4.79 Å². The Morgan fingerprint density at radius 3 is 2.70 bits per heavy atom. The van der Waals surface area contributed by atoms with Gasteiger partial charge in [-0.3, -0.25) is 10.2 Å². The van der Waals surface area contributed by atoms with E-state index < -0.39 is 0 Å². The van der Waals surface area contributed by atoms with E-state index in [-0.39, 0.29) is 5.78 Å². The number of ketones is 1. The van der Waals surface area contributed by atoms with Crippen LogP contribution in [0.25, 0.3) is 0 Å². The first-order chi connectivity index (χ1) is 9.67. The summed E-state index contributed by atoms with van der Waals surface area (Å²) in [6, 6.07) is 7.76. The molecule has 20 heavy (non-hydrogen) atoms. The third-order valence-corrected chi connectivity index (χ3v) is 3.88. The largest absolute Gasteiger partial charge is 0.497 e. The number of hydrazone groups is 1. The van der Waals surface area contributed by atoms with Crippen molar-refractivity contribution in [1.82, 2.24) is 5.43 Å². The maximum Gasteiger partial charge on any atom is 0.161 e. The minimum absolute atomic E-state index is 0.257. The average molecular weight is 270 g/mol. The first kappa shape index (κ1) is 12.9. The van der Waals surface area contributed by atoms with E-state index in [9.17, 15) is 4.79 Å². The zero-order chi connectivity index (χ0) is 14.1. The molecule has 0 aromatic heterocycles. The quantitative estimate of drug-likeness (QED) is 0.898. The molecular formula is C16H18N2O2. The molecule has 0 amide bonds. The number of benzene rings is 1. The fraction of sp³-hybridized carbons (Fsp3) is 0.375. The van der Waals surface area contributed by atoms with E-state index in [4.69, 9.17) is 4.74 Å². The molecular weight excluding hydrogens is 252 g/mol. The van der Waals surface area contributed by atoms with Crippen molar-refractivity contribution in [3.63, 3.8) is 0 Å². The zero-order valence-corrected chi connectivity index (χ0v) is 11.8. The van der Waals surface area contributed by atoms with Gasteiger partial charge in [0.25, 0.3) is 0 Å². The van der Waals surface area contributed by atoms with E-state index in [2.05, 4.69) is 17.5 Å². The normalized spacial score (nSPS) is 22.0. The van der Waals surface area contributed by atoms with E-state index in [0.29, 0.717) is 18.8 Å². The van der Waals surface area contributed by atoms with Crippen molar-refractivity contribution in [3.05, 3.63) is 41.1 Å². The molecule has 1 aromatic carbocycles. The Hall–Kier alpha value is -2.10. The van der Waals surface area contributed by atoms with Crippen molar-refractivity contribution in [3.8, 4) is 5.75 Å². The highest BCUT2D eigenvalue weighted by Gasteiger charge is 2.28. The number of carbonyl (C=O) groups excluding carboxylic acids is 1. The van der Waals surface area contributed by atoms with Crippen molar-refractivity contribution < 1.29 is 9.53 Å². The van der Waals surface area contributed by atoms with Crippen LogP contribution >= 0.6 is 0 Å². The van der Waals surface area contributed by atoms with Gasteiger partial charge >= 0.3 is 0 Å². The molecule has 0 bridgehead atoms. The molecule has 1 N–H and O–H groups in total. The average Bonchev–Trinajstić information content (AvgIpc) is 2.47. The van der Waals surface area contributed by atoms with Gasteiger partial charge in [0.15, 0.2) is 5.78 Å². The van der Waals surface area contributed by atoms with E-state index in [1.807, 2.05) is 24.3 Å². The maximum atomic E-state index is 12.1. The lowest BCUT2D eigenvalue weighted by Gasteiger charge is -2.27. The molecule has 1 unspecified atom stereocenters. The van der Waals surface area contributed by atoms with Crippen LogP contribution in [0.2, 0.25) is 0 Å². The van der Waals surface area contributed by atoms with Gasteiger partial charge in [-0.1, -0.05) is 6.92 Å².